The number of Topliss-reactive ketones (excluding diaryl/α,β-unsaturated/α-hetero) is 1. The maximum atomic E-state index is 13.5. The third-order valence-corrected chi connectivity index (χ3v) is 3.76. The summed E-state index contributed by atoms with van der Waals surface area (Å²) in [6.07, 6.45) is 6.22. The summed E-state index contributed by atoms with van der Waals surface area (Å²) in [5.74, 6) is -0.245. The minimum atomic E-state index is -0.502. The van der Waals surface area contributed by atoms with Crippen molar-refractivity contribution in [2.75, 3.05) is 0 Å². The lowest BCUT2D eigenvalue weighted by Gasteiger charge is -2.20. The minimum absolute atomic E-state index is 0.0692. The first-order valence-corrected chi connectivity index (χ1v) is 6.53. The Labute approximate surface area is 106 Å². The molecule has 0 bridgehead atoms. The van der Waals surface area contributed by atoms with Crippen LogP contribution in [0, 0.1) is 11.7 Å². The fraction of sp³-hybridized carbons (Fsp3) is 0.500. The molecule has 0 aliphatic heterocycles. The maximum Gasteiger partial charge on any atom is 0.167 e. The van der Waals surface area contributed by atoms with Crippen LogP contribution in [0.4, 0.5) is 4.39 Å². The first-order chi connectivity index (χ1) is 8.18. The summed E-state index contributed by atoms with van der Waals surface area (Å²) in [7, 11) is 0. The molecule has 1 fully saturated rings. The highest BCUT2D eigenvalue weighted by Gasteiger charge is 2.21. The van der Waals surface area contributed by atoms with Gasteiger partial charge in [0.25, 0.3) is 0 Å². The second-order valence-electron chi connectivity index (χ2n) is 4.73. The van der Waals surface area contributed by atoms with Gasteiger partial charge < -0.3 is 0 Å². The van der Waals surface area contributed by atoms with E-state index < -0.39 is 5.82 Å². The predicted octanol–water partition coefficient (Wildman–Crippen LogP) is 4.63. The van der Waals surface area contributed by atoms with Gasteiger partial charge in [-0.2, -0.15) is 0 Å². The topological polar surface area (TPSA) is 17.1 Å². The van der Waals surface area contributed by atoms with Gasteiger partial charge in [0, 0.05) is 6.42 Å². The van der Waals surface area contributed by atoms with Gasteiger partial charge in [0.2, 0.25) is 0 Å². The second kappa shape index (κ2) is 5.63. The molecule has 0 spiro atoms. The highest BCUT2D eigenvalue weighted by Crippen LogP contribution is 2.29. The van der Waals surface area contributed by atoms with Gasteiger partial charge in [-0.3, -0.25) is 4.79 Å². The molecular weight excluding hydrogens is 239 g/mol. The molecule has 1 saturated carbocycles. The van der Waals surface area contributed by atoms with Crippen LogP contribution in [0.15, 0.2) is 18.2 Å². The molecular formula is C14H16ClFO. The second-order valence-corrected chi connectivity index (χ2v) is 5.14. The Morgan fingerprint density at radius 2 is 2.00 bits per heavy atom. The summed E-state index contributed by atoms with van der Waals surface area (Å²) in [4.78, 5) is 12.0. The largest absolute Gasteiger partial charge is 0.294 e. The van der Waals surface area contributed by atoms with Crippen molar-refractivity contribution in [1.29, 1.82) is 0 Å². The zero-order chi connectivity index (χ0) is 12.3. The molecule has 0 heterocycles. The smallest absolute Gasteiger partial charge is 0.167 e. The van der Waals surface area contributed by atoms with Gasteiger partial charge in [0.15, 0.2) is 5.78 Å². The Kier molecular flexibility index (Phi) is 4.16. The van der Waals surface area contributed by atoms with Gasteiger partial charge in [0.05, 0.1) is 10.6 Å². The third-order valence-electron chi connectivity index (χ3n) is 3.44. The molecule has 1 nitrogen and oxygen atoms in total. The summed E-state index contributed by atoms with van der Waals surface area (Å²) >= 11 is 5.88. The molecule has 0 aromatic heterocycles. The zero-order valence-corrected chi connectivity index (χ0v) is 10.5. The monoisotopic (exact) mass is 254 g/mol. The average Bonchev–Trinajstić information content (AvgIpc) is 2.30. The number of carbonyl (C=O) groups excluding carboxylic acids is 1. The van der Waals surface area contributed by atoms with Crippen LogP contribution in [-0.2, 0) is 0 Å². The van der Waals surface area contributed by atoms with E-state index in [9.17, 15) is 9.18 Å². The van der Waals surface area contributed by atoms with Crippen LogP contribution >= 0.6 is 11.6 Å². The van der Waals surface area contributed by atoms with E-state index in [1.807, 2.05) is 0 Å². The summed E-state index contributed by atoms with van der Waals surface area (Å²) in [6.45, 7) is 0. The molecule has 0 radical (unpaired) electrons. The average molecular weight is 255 g/mol. The van der Waals surface area contributed by atoms with E-state index in [4.69, 9.17) is 11.6 Å². The fourth-order valence-corrected chi connectivity index (χ4v) is 2.79. The number of hydrogen-bond acceptors (Lipinski definition) is 1. The lowest BCUT2D eigenvalue weighted by atomic mass is 9.85. The van der Waals surface area contributed by atoms with Crippen molar-refractivity contribution < 1.29 is 9.18 Å². The number of halogens is 2. The minimum Gasteiger partial charge on any atom is -0.294 e. The molecule has 0 amide bonds. The van der Waals surface area contributed by atoms with Crippen LogP contribution in [0.5, 0.6) is 0 Å². The maximum absolute atomic E-state index is 13.5. The Morgan fingerprint density at radius 1 is 1.29 bits per heavy atom. The van der Waals surface area contributed by atoms with Crippen LogP contribution in [0.3, 0.4) is 0 Å². The number of rotatable bonds is 3. The molecule has 17 heavy (non-hydrogen) atoms. The third kappa shape index (κ3) is 3.06. The molecule has 0 saturated heterocycles. The quantitative estimate of drug-likeness (QED) is 0.719. The van der Waals surface area contributed by atoms with E-state index in [0.717, 1.165) is 12.8 Å². The van der Waals surface area contributed by atoms with Crippen molar-refractivity contribution in [1.82, 2.24) is 0 Å². The Morgan fingerprint density at radius 3 is 2.65 bits per heavy atom. The molecule has 1 aliphatic rings. The summed E-state index contributed by atoms with van der Waals surface area (Å²) in [6, 6.07) is 4.38. The van der Waals surface area contributed by atoms with Crippen LogP contribution in [-0.4, -0.2) is 5.78 Å². The first kappa shape index (κ1) is 12.6. The Hall–Kier alpha value is -0.890. The van der Waals surface area contributed by atoms with E-state index >= 15 is 0 Å². The number of carbonyl (C=O) groups is 1. The standard InChI is InChI=1S/C14H16ClFO/c15-11-7-4-8-12(16)14(11)13(17)9-10-5-2-1-3-6-10/h4,7-8,10H,1-3,5-6,9H2. The van der Waals surface area contributed by atoms with Crippen LogP contribution in [0.25, 0.3) is 0 Å². The van der Waals surface area contributed by atoms with E-state index in [-0.39, 0.29) is 16.4 Å². The number of ketones is 1. The summed E-state index contributed by atoms with van der Waals surface area (Å²) < 4.78 is 13.5. The first-order valence-electron chi connectivity index (χ1n) is 6.15. The van der Waals surface area contributed by atoms with Crippen molar-refractivity contribution in [3.8, 4) is 0 Å². The summed E-state index contributed by atoms with van der Waals surface area (Å²) in [5.41, 5.74) is 0.0692. The molecule has 1 aromatic carbocycles. The molecule has 1 aliphatic carbocycles. The highest BCUT2D eigenvalue weighted by molar-refractivity contribution is 6.34. The van der Waals surface area contributed by atoms with Gasteiger partial charge in [0.1, 0.15) is 5.82 Å². The predicted molar refractivity (Wildman–Crippen MR) is 66.9 cm³/mol. The molecule has 3 heteroatoms. The molecule has 1 aromatic rings. The van der Waals surface area contributed by atoms with E-state index in [2.05, 4.69) is 0 Å². The van der Waals surface area contributed by atoms with Gasteiger partial charge in [-0.25, -0.2) is 4.39 Å². The highest BCUT2D eigenvalue weighted by atomic mass is 35.5. The molecule has 0 atom stereocenters. The van der Waals surface area contributed by atoms with Crippen molar-refractivity contribution >= 4 is 17.4 Å². The van der Waals surface area contributed by atoms with Gasteiger partial charge in [-0.15, -0.1) is 0 Å². The van der Waals surface area contributed by atoms with Crippen molar-refractivity contribution in [2.45, 2.75) is 38.5 Å². The van der Waals surface area contributed by atoms with Gasteiger partial charge in [-0.05, 0) is 18.1 Å². The van der Waals surface area contributed by atoms with E-state index in [1.165, 1.54) is 31.4 Å². The van der Waals surface area contributed by atoms with E-state index in [1.54, 1.807) is 6.07 Å². The molecule has 0 N–H and O–H groups in total. The van der Waals surface area contributed by atoms with Gasteiger partial charge >= 0.3 is 0 Å². The molecule has 92 valence electrons. The van der Waals surface area contributed by atoms with Crippen molar-refractivity contribution in [3.63, 3.8) is 0 Å². The lowest BCUT2D eigenvalue weighted by Crippen LogP contribution is -2.13. The van der Waals surface area contributed by atoms with Crippen LogP contribution in [0.1, 0.15) is 48.9 Å². The summed E-state index contributed by atoms with van der Waals surface area (Å²) in [5, 5.41) is 0.228. The van der Waals surface area contributed by atoms with Crippen molar-refractivity contribution in [3.05, 3.63) is 34.6 Å². The Balaban J connectivity index is 2.08. The van der Waals surface area contributed by atoms with E-state index in [0.29, 0.717) is 12.3 Å². The van der Waals surface area contributed by atoms with Crippen LogP contribution < -0.4 is 0 Å². The SMILES string of the molecule is O=C(CC1CCCCC1)c1c(F)cccc1Cl. The lowest BCUT2D eigenvalue weighted by molar-refractivity contribution is 0.0946. The Bertz CT molecular complexity index is 390. The fourth-order valence-electron chi connectivity index (χ4n) is 2.52. The van der Waals surface area contributed by atoms with Crippen molar-refractivity contribution in [2.24, 2.45) is 5.92 Å². The number of hydrogen-bond donors (Lipinski definition) is 0. The number of benzene rings is 1. The molecule has 2 rings (SSSR count). The van der Waals surface area contributed by atoms with Gasteiger partial charge in [-0.1, -0.05) is 49.8 Å². The molecule has 0 unspecified atom stereocenters. The van der Waals surface area contributed by atoms with Crippen LogP contribution in [0.2, 0.25) is 5.02 Å². The normalized spacial score (nSPS) is 17.1. The zero-order valence-electron chi connectivity index (χ0n) is 9.72.